The standard InChI is InChI=1S/C25H24N4O2S/c1-27(16-19-10-4-2-5-11-19)18-28-22-15-9-8-14-21(22)25(24(28)31)29(23(30)17-32-25)26-20-12-6-3-7-13-20/h2-15,26H,16-18H2,1H3. The van der Waals surface area contributed by atoms with E-state index in [-0.39, 0.29) is 17.6 Å². The lowest BCUT2D eigenvalue weighted by atomic mass is 10.1. The van der Waals surface area contributed by atoms with Gasteiger partial charge in [-0.25, -0.2) is 5.01 Å². The summed E-state index contributed by atoms with van der Waals surface area (Å²) in [6.45, 7) is 1.15. The van der Waals surface area contributed by atoms with Gasteiger partial charge in [0.15, 0.2) is 0 Å². The molecule has 2 amide bonds. The molecular weight excluding hydrogens is 420 g/mol. The number of hydrazine groups is 1. The van der Waals surface area contributed by atoms with Crippen LogP contribution in [0.2, 0.25) is 0 Å². The number of nitrogens with zero attached hydrogens (tertiary/aromatic N) is 3. The van der Waals surface area contributed by atoms with Crippen LogP contribution in [0.4, 0.5) is 11.4 Å². The second-order valence-corrected chi connectivity index (χ2v) is 9.20. The average molecular weight is 445 g/mol. The summed E-state index contributed by atoms with van der Waals surface area (Å²) < 4.78 is 0. The van der Waals surface area contributed by atoms with E-state index in [1.54, 1.807) is 4.90 Å². The van der Waals surface area contributed by atoms with E-state index in [4.69, 9.17) is 0 Å². The Morgan fingerprint density at radius 2 is 1.59 bits per heavy atom. The van der Waals surface area contributed by atoms with Gasteiger partial charge in [0.25, 0.3) is 11.8 Å². The minimum atomic E-state index is -1.11. The number of fused-ring (bicyclic) bond motifs is 2. The van der Waals surface area contributed by atoms with Crippen molar-refractivity contribution in [3.63, 3.8) is 0 Å². The molecule has 2 aliphatic heterocycles. The van der Waals surface area contributed by atoms with E-state index in [9.17, 15) is 9.59 Å². The summed E-state index contributed by atoms with van der Waals surface area (Å²) in [5.74, 6) is 0.0348. The van der Waals surface area contributed by atoms with Crippen molar-refractivity contribution in [2.75, 3.05) is 29.8 Å². The third-order valence-corrected chi connectivity index (χ3v) is 7.14. The molecule has 0 aliphatic carbocycles. The highest BCUT2D eigenvalue weighted by molar-refractivity contribution is 8.02. The number of thioether (sulfide) groups is 1. The Bertz CT molecular complexity index is 1140. The summed E-state index contributed by atoms with van der Waals surface area (Å²) in [6, 6.07) is 27.5. The number of anilines is 2. The summed E-state index contributed by atoms with van der Waals surface area (Å²) in [5, 5.41) is 1.52. The summed E-state index contributed by atoms with van der Waals surface area (Å²) in [7, 11) is 2.00. The van der Waals surface area contributed by atoms with Gasteiger partial charge in [0.2, 0.25) is 4.87 Å². The van der Waals surface area contributed by atoms with Crippen molar-refractivity contribution in [1.82, 2.24) is 9.91 Å². The number of amides is 2. The highest BCUT2D eigenvalue weighted by Gasteiger charge is 2.61. The smallest absolute Gasteiger partial charge is 0.271 e. The van der Waals surface area contributed by atoms with Crippen molar-refractivity contribution in [3.8, 4) is 0 Å². The molecule has 3 aromatic carbocycles. The number of carbonyl (C=O) groups excluding carboxylic acids is 2. The lowest BCUT2D eigenvalue weighted by Crippen LogP contribution is -2.53. The van der Waals surface area contributed by atoms with Gasteiger partial charge in [-0.05, 0) is 30.8 Å². The van der Waals surface area contributed by atoms with Gasteiger partial charge >= 0.3 is 0 Å². The molecule has 162 valence electrons. The molecule has 0 aromatic heterocycles. The zero-order chi connectivity index (χ0) is 22.1. The van der Waals surface area contributed by atoms with Crippen LogP contribution in [0.5, 0.6) is 0 Å². The predicted molar refractivity (Wildman–Crippen MR) is 128 cm³/mol. The number of para-hydroxylation sites is 2. The first-order chi connectivity index (χ1) is 15.6. The molecule has 1 saturated heterocycles. The van der Waals surface area contributed by atoms with E-state index in [2.05, 4.69) is 22.5 Å². The maximum Gasteiger partial charge on any atom is 0.271 e. The summed E-state index contributed by atoms with van der Waals surface area (Å²) in [4.78, 5) is 29.7. The minimum Gasteiger partial charge on any atom is -0.295 e. The fourth-order valence-corrected chi connectivity index (χ4v) is 5.64. The van der Waals surface area contributed by atoms with Crippen molar-refractivity contribution in [3.05, 3.63) is 96.1 Å². The number of hydrogen-bond acceptors (Lipinski definition) is 5. The van der Waals surface area contributed by atoms with E-state index < -0.39 is 4.87 Å². The molecule has 1 spiro atoms. The SMILES string of the molecule is CN(Cc1ccccc1)CN1C(=O)C2(SCC(=O)N2Nc2ccccc2)c2ccccc21. The van der Waals surface area contributed by atoms with E-state index in [0.29, 0.717) is 6.67 Å². The van der Waals surface area contributed by atoms with Crippen LogP contribution >= 0.6 is 11.8 Å². The third-order valence-electron chi connectivity index (χ3n) is 5.76. The highest BCUT2D eigenvalue weighted by Crippen LogP contribution is 2.54. The molecule has 1 N–H and O–H groups in total. The molecule has 3 aromatic rings. The summed E-state index contributed by atoms with van der Waals surface area (Å²) >= 11 is 1.38. The Morgan fingerprint density at radius 1 is 0.938 bits per heavy atom. The van der Waals surface area contributed by atoms with E-state index in [0.717, 1.165) is 23.5 Å². The minimum absolute atomic E-state index is 0.0992. The van der Waals surface area contributed by atoms with Crippen LogP contribution in [0, 0.1) is 0 Å². The summed E-state index contributed by atoms with van der Waals surface area (Å²) in [5.41, 5.74) is 6.86. The predicted octanol–water partition coefficient (Wildman–Crippen LogP) is 3.88. The molecular formula is C25H24N4O2S. The van der Waals surface area contributed by atoms with Crippen LogP contribution in [0.25, 0.3) is 0 Å². The number of benzene rings is 3. The Morgan fingerprint density at radius 3 is 2.34 bits per heavy atom. The second-order valence-electron chi connectivity index (χ2n) is 8.03. The lowest BCUT2D eigenvalue weighted by Gasteiger charge is -2.34. The molecule has 7 heteroatoms. The van der Waals surface area contributed by atoms with Crippen LogP contribution in [0.15, 0.2) is 84.9 Å². The molecule has 2 heterocycles. The monoisotopic (exact) mass is 444 g/mol. The molecule has 0 bridgehead atoms. The molecule has 1 fully saturated rings. The van der Waals surface area contributed by atoms with Crippen LogP contribution in [0.1, 0.15) is 11.1 Å². The molecule has 0 saturated carbocycles. The molecule has 2 aliphatic rings. The van der Waals surface area contributed by atoms with Crippen molar-refractivity contribution >= 4 is 35.0 Å². The van der Waals surface area contributed by atoms with E-state index >= 15 is 0 Å². The fraction of sp³-hybridized carbons (Fsp3) is 0.200. The van der Waals surface area contributed by atoms with Gasteiger partial charge in [-0.1, -0.05) is 66.7 Å². The Hall–Kier alpha value is -3.29. The van der Waals surface area contributed by atoms with Gasteiger partial charge in [0.05, 0.1) is 23.8 Å². The lowest BCUT2D eigenvalue weighted by molar-refractivity contribution is -0.136. The summed E-state index contributed by atoms with van der Waals surface area (Å²) in [6.07, 6.45) is 0. The zero-order valence-corrected chi connectivity index (χ0v) is 18.6. The Labute approximate surface area is 191 Å². The first-order valence-electron chi connectivity index (χ1n) is 10.5. The maximum atomic E-state index is 14.0. The van der Waals surface area contributed by atoms with Crippen molar-refractivity contribution in [2.45, 2.75) is 11.4 Å². The van der Waals surface area contributed by atoms with Crippen molar-refractivity contribution in [1.29, 1.82) is 0 Å². The topological polar surface area (TPSA) is 55.9 Å². The van der Waals surface area contributed by atoms with Crippen LogP contribution in [0.3, 0.4) is 0 Å². The molecule has 6 nitrogen and oxygen atoms in total. The largest absolute Gasteiger partial charge is 0.295 e. The van der Waals surface area contributed by atoms with Gasteiger partial charge in [-0.3, -0.25) is 24.8 Å². The van der Waals surface area contributed by atoms with Gasteiger partial charge in [0, 0.05) is 12.1 Å². The molecule has 1 atom stereocenters. The molecule has 32 heavy (non-hydrogen) atoms. The third kappa shape index (κ3) is 3.43. The molecule has 0 radical (unpaired) electrons. The van der Waals surface area contributed by atoms with Gasteiger partial charge < -0.3 is 0 Å². The second kappa shape index (κ2) is 8.33. The molecule has 1 unspecified atom stereocenters. The fourth-order valence-electron chi connectivity index (χ4n) is 4.34. The number of rotatable bonds is 6. The van der Waals surface area contributed by atoms with E-state index in [1.807, 2.05) is 79.8 Å². The van der Waals surface area contributed by atoms with Gasteiger partial charge in [-0.15, -0.1) is 11.8 Å². The molecule has 5 rings (SSSR count). The van der Waals surface area contributed by atoms with E-state index in [1.165, 1.54) is 22.3 Å². The Kier molecular flexibility index (Phi) is 5.36. The number of hydrogen-bond donors (Lipinski definition) is 1. The highest BCUT2D eigenvalue weighted by atomic mass is 32.2. The number of carbonyl (C=O) groups is 2. The van der Waals surface area contributed by atoms with Crippen molar-refractivity contribution in [2.24, 2.45) is 0 Å². The first-order valence-corrected chi connectivity index (χ1v) is 11.5. The normalized spacial score (nSPS) is 19.8. The van der Waals surface area contributed by atoms with Crippen LogP contribution in [-0.4, -0.2) is 41.2 Å². The van der Waals surface area contributed by atoms with Gasteiger partial charge in [0.1, 0.15) is 0 Å². The maximum absolute atomic E-state index is 14.0. The van der Waals surface area contributed by atoms with Crippen LogP contribution < -0.4 is 10.3 Å². The quantitative estimate of drug-likeness (QED) is 0.625. The first kappa shape index (κ1) is 20.6. The van der Waals surface area contributed by atoms with Crippen LogP contribution in [-0.2, 0) is 21.0 Å². The zero-order valence-electron chi connectivity index (χ0n) is 17.8. The Balaban J connectivity index is 1.47. The number of nitrogens with one attached hydrogen (secondary N) is 1. The average Bonchev–Trinajstić information content (AvgIpc) is 3.26. The van der Waals surface area contributed by atoms with Gasteiger partial charge in [-0.2, -0.15) is 0 Å². The van der Waals surface area contributed by atoms with Crippen molar-refractivity contribution < 1.29 is 9.59 Å².